The number of aryl methyl sites for hydroxylation is 1. The lowest BCUT2D eigenvalue weighted by atomic mass is 10.2. The number of anilines is 1. The number of rotatable bonds is 8. The van der Waals surface area contributed by atoms with Gasteiger partial charge < -0.3 is 21.0 Å². The summed E-state index contributed by atoms with van der Waals surface area (Å²) in [5, 5.41) is 20.3. The van der Waals surface area contributed by atoms with Gasteiger partial charge in [-0.2, -0.15) is 4.98 Å². The lowest BCUT2D eigenvalue weighted by Crippen LogP contribution is -2.53. The molecule has 1 unspecified atom stereocenters. The Morgan fingerprint density at radius 1 is 1.39 bits per heavy atom. The first-order valence-electron chi connectivity index (χ1n) is 9.83. The van der Waals surface area contributed by atoms with E-state index < -0.39 is 34.4 Å². The molecule has 0 saturated heterocycles. The van der Waals surface area contributed by atoms with Gasteiger partial charge in [0.2, 0.25) is 5.91 Å². The normalized spacial score (nSPS) is 16.1. The van der Waals surface area contributed by atoms with Crippen molar-refractivity contribution < 1.29 is 24.3 Å². The van der Waals surface area contributed by atoms with Crippen LogP contribution >= 0.6 is 34.9 Å². The molecule has 0 saturated carbocycles. The van der Waals surface area contributed by atoms with Gasteiger partial charge in [-0.3, -0.25) is 33.9 Å². The van der Waals surface area contributed by atoms with Crippen LogP contribution in [-0.4, -0.2) is 77.4 Å². The number of aliphatic carboxylic acids is 1. The summed E-state index contributed by atoms with van der Waals surface area (Å²) in [6.07, 6.45) is 0. The van der Waals surface area contributed by atoms with Crippen LogP contribution in [0.4, 0.5) is 5.13 Å². The minimum Gasteiger partial charge on any atom is -0.477 e. The van der Waals surface area contributed by atoms with Crippen molar-refractivity contribution in [1.82, 2.24) is 30.0 Å². The van der Waals surface area contributed by atoms with Crippen LogP contribution in [0.3, 0.4) is 0 Å². The van der Waals surface area contributed by atoms with E-state index in [-0.39, 0.29) is 38.9 Å². The average Bonchev–Trinajstić information content (AvgIpc) is 3.24. The molecule has 192 valence electrons. The second-order valence-corrected chi connectivity index (χ2v) is 9.87. The maximum absolute atomic E-state index is 13.0. The average molecular weight is 557 g/mol. The fourth-order valence-corrected chi connectivity index (χ4v) is 5.81. The van der Waals surface area contributed by atoms with E-state index in [2.05, 4.69) is 25.5 Å². The zero-order valence-corrected chi connectivity index (χ0v) is 21.5. The van der Waals surface area contributed by atoms with Crippen molar-refractivity contribution in [3.8, 4) is 0 Å². The van der Waals surface area contributed by atoms with Gasteiger partial charge in [0.25, 0.3) is 5.91 Å². The lowest BCUT2D eigenvalue weighted by molar-refractivity contribution is -0.140. The number of nitrogens with one attached hydrogen (secondary N) is 2. The van der Waals surface area contributed by atoms with Crippen molar-refractivity contribution in [3.05, 3.63) is 43.1 Å². The van der Waals surface area contributed by atoms with E-state index in [1.807, 2.05) is 0 Å². The van der Waals surface area contributed by atoms with Crippen molar-refractivity contribution >= 4 is 63.5 Å². The minimum absolute atomic E-state index is 0.0416. The SMILES string of the molecule is CO/N=C(/C(=O)NC1SCC(CSc2nc(=O)c(=O)[nH]n2C)=C(C(=O)O)N1C(C)=O)c1csc(N)n1. The van der Waals surface area contributed by atoms with E-state index in [1.165, 1.54) is 24.2 Å². The number of hydrogen-bond donors (Lipinski definition) is 4. The number of hydrogen-bond acceptors (Lipinski definition) is 13. The van der Waals surface area contributed by atoms with Crippen molar-refractivity contribution in [3.63, 3.8) is 0 Å². The van der Waals surface area contributed by atoms with E-state index in [4.69, 9.17) is 10.6 Å². The molecule has 5 N–H and O–H groups in total. The molecule has 2 aromatic rings. The van der Waals surface area contributed by atoms with Crippen LogP contribution in [0.5, 0.6) is 0 Å². The van der Waals surface area contributed by atoms with Gasteiger partial charge in [0.15, 0.2) is 21.5 Å². The zero-order valence-electron chi connectivity index (χ0n) is 19.0. The molecule has 0 radical (unpaired) electrons. The fourth-order valence-electron chi connectivity index (χ4n) is 3.02. The molecule has 0 bridgehead atoms. The number of amides is 2. The maximum atomic E-state index is 13.0. The van der Waals surface area contributed by atoms with Gasteiger partial charge in [0.1, 0.15) is 18.5 Å². The highest BCUT2D eigenvalue weighted by Crippen LogP contribution is 2.32. The molecule has 36 heavy (non-hydrogen) atoms. The highest BCUT2D eigenvalue weighted by atomic mass is 32.2. The van der Waals surface area contributed by atoms with Crippen LogP contribution in [0, 0.1) is 0 Å². The highest BCUT2D eigenvalue weighted by Gasteiger charge is 2.37. The van der Waals surface area contributed by atoms with Gasteiger partial charge in [0, 0.05) is 30.9 Å². The molecular formula is C18H20N8O7S3. The number of carboxylic acid groups (broad SMARTS) is 1. The number of thioether (sulfide) groups is 2. The number of nitrogens with zero attached hydrogens (tertiary/aromatic N) is 5. The predicted molar refractivity (Wildman–Crippen MR) is 132 cm³/mol. The summed E-state index contributed by atoms with van der Waals surface area (Å²) in [7, 11) is 2.71. The highest BCUT2D eigenvalue weighted by molar-refractivity contribution is 8.00. The zero-order chi connectivity index (χ0) is 26.6. The van der Waals surface area contributed by atoms with Crippen LogP contribution < -0.4 is 22.2 Å². The molecule has 0 aliphatic carbocycles. The smallest absolute Gasteiger partial charge is 0.352 e. The summed E-state index contributed by atoms with van der Waals surface area (Å²) >= 11 is 3.18. The number of carboxylic acids is 1. The number of H-pyrrole nitrogens is 1. The quantitative estimate of drug-likeness (QED) is 0.133. The van der Waals surface area contributed by atoms with Crippen molar-refractivity contribution in [2.75, 3.05) is 24.3 Å². The summed E-state index contributed by atoms with van der Waals surface area (Å²) < 4.78 is 1.24. The molecule has 1 aliphatic heterocycles. The first-order valence-corrected chi connectivity index (χ1v) is 12.7. The van der Waals surface area contributed by atoms with Crippen LogP contribution in [0.2, 0.25) is 0 Å². The third-order valence-corrected chi connectivity index (χ3v) is 7.46. The third kappa shape index (κ3) is 5.94. The topological polar surface area (TPSA) is 215 Å². The van der Waals surface area contributed by atoms with Crippen molar-refractivity contribution in [1.29, 1.82) is 0 Å². The summed E-state index contributed by atoms with van der Waals surface area (Å²) in [6, 6.07) is 0. The van der Waals surface area contributed by atoms with Gasteiger partial charge in [-0.05, 0) is 5.57 Å². The minimum atomic E-state index is -1.39. The van der Waals surface area contributed by atoms with E-state index in [0.717, 1.165) is 46.7 Å². The number of aromatic nitrogens is 4. The molecule has 3 rings (SSSR count). The molecule has 1 aliphatic rings. The number of oxime groups is 1. The van der Waals surface area contributed by atoms with Gasteiger partial charge in [-0.25, -0.2) is 9.78 Å². The second kappa shape index (κ2) is 11.4. The molecular weight excluding hydrogens is 536 g/mol. The van der Waals surface area contributed by atoms with Crippen molar-refractivity contribution in [2.45, 2.75) is 17.6 Å². The molecule has 3 heterocycles. The van der Waals surface area contributed by atoms with E-state index in [0.29, 0.717) is 5.57 Å². The van der Waals surface area contributed by atoms with Crippen molar-refractivity contribution in [2.24, 2.45) is 12.2 Å². The molecule has 2 aromatic heterocycles. The molecule has 0 fully saturated rings. The number of thiazole rings is 1. The molecule has 0 spiro atoms. The van der Waals surface area contributed by atoms with E-state index in [9.17, 15) is 29.1 Å². The largest absolute Gasteiger partial charge is 0.477 e. The standard InChI is InChI=1S/C18H20N8O7S3/c1-7(27)26-11(15(31)32)8(4-35-17-22-13(29)14(30)23-25(17)2)5-36-18(26)21-12(28)10(24-33-3)9-6-34-16(19)20-9/h6,18H,4-5H2,1-3H3,(H2,19,20)(H,21,28)(H,23,30)(H,31,32)/b24-10+. The van der Waals surface area contributed by atoms with E-state index >= 15 is 0 Å². The fraction of sp³-hybridized carbons (Fsp3) is 0.333. The number of carbonyl (C=O) groups excluding carboxylic acids is 2. The first-order chi connectivity index (χ1) is 17.0. The maximum Gasteiger partial charge on any atom is 0.352 e. The van der Waals surface area contributed by atoms with Crippen LogP contribution in [0.1, 0.15) is 12.6 Å². The molecule has 15 nitrogen and oxygen atoms in total. The summed E-state index contributed by atoms with van der Waals surface area (Å²) in [4.78, 5) is 74.0. The predicted octanol–water partition coefficient (Wildman–Crippen LogP) is -1.02. The Hall–Kier alpha value is -3.64. The summed E-state index contributed by atoms with van der Waals surface area (Å²) in [5.74, 6) is -2.62. The van der Waals surface area contributed by atoms with Gasteiger partial charge in [-0.1, -0.05) is 16.9 Å². The Bertz CT molecular complexity index is 1380. The number of nitrogens with two attached hydrogens (primary N) is 1. The molecule has 0 aromatic carbocycles. The molecule has 2 amide bonds. The summed E-state index contributed by atoms with van der Waals surface area (Å²) in [6.45, 7) is 1.16. The van der Waals surface area contributed by atoms with Crippen LogP contribution in [0.15, 0.2) is 36.6 Å². The van der Waals surface area contributed by atoms with Gasteiger partial charge >= 0.3 is 17.1 Å². The first kappa shape index (κ1) is 27.0. The van der Waals surface area contributed by atoms with Gasteiger partial charge in [0.05, 0.1) is 0 Å². The lowest BCUT2D eigenvalue weighted by Gasteiger charge is -2.36. The summed E-state index contributed by atoms with van der Waals surface area (Å²) in [5.41, 5.74) is 2.64. The monoisotopic (exact) mass is 556 g/mol. The van der Waals surface area contributed by atoms with Crippen LogP contribution in [0.25, 0.3) is 0 Å². The Morgan fingerprint density at radius 2 is 2.11 bits per heavy atom. The second-order valence-electron chi connectivity index (χ2n) is 6.96. The Morgan fingerprint density at radius 3 is 2.69 bits per heavy atom. The Balaban J connectivity index is 1.89. The number of carbonyl (C=O) groups is 3. The number of aromatic amines is 1. The number of nitrogen functional groups attached to an aromatic ring is 1. The molecule has 18 heteroatoms. The van der Waals surface area contributed by atoms with Crippen LogP contribution in [-0.2, 0) is 26.3 Å². The van der Waals surface area contributed by atoms with E-state index in [1.54, 1.807) is 0 Å². The Kier molecular flexibility index (Phi) is 8.53. The Labute approximate surface area is 214 Å². The third-order valence-electron chi connectivity index (χ3n) is 4.51. The van der Waals surface area contributed by atoms with Gasteiger partial charge in [-0.15, -0.1) is 23.1 Å². The molecule has 1 atom stereocenters.